The summed E-state index contributed by atoms with van der Waals surface area (Å²) in [5.41, 5.74) is 5.91. The van der Waals surface area contributed by atoms with E-state index >= 15 is 0 Å². The molecule has 0 radical (unpaired) electrons. The number of para-hydroxylation sites is 1. The van der Waals surface area contributed by atoms with Gasteiger partial charge in [-0.25, -0.2) is 0 Å². The molecule has 0 unspecified atom stereocenters. The van der Waals surface area contributed by atoms with Crippen molar-refractivity contribution in [1.29, 1.82) is 0 Å². The summed E-state index contributed by atoms with van der Waals surface area (Å²) in [5.74, 6) is 0.868. The number of carbonyl (C=O) groups excluding carboxylic acids is 1. The zero-order chi connectivity index (χ0) is 19.0. The molecule has 0 aliphatic heterocycles. The molecule has 0 atom stereocenters. The van der Waals surface area contributed by atoms with Crippen LogP contribution in [0.15, 0.2) is 72.8 Å². The Labute approximate surface area is 158 Å². The van der Waals surface area contributed by atoms with Crippen molar-refractivity contribution < 1.29 is 9.53 Å². The maximum absolute atomic E-state index is 12.6. The van der Waals surface area contributed by atoms with Crippen LogP contribution in [0.4, 0.5) is 0 Å². The summed E-state index contributed by atoms with van der Waals surface area (Å²) in [7, 11) is 1.66. The molecule has 3 aromatic carbocycles. The van der Waals surface area contributed by atoms with Crippen molar-refractivity contribution in [2.45, 2.75) is 13.8 Å². The molecule has 3 heteroatoms. The lowest BCUT2D eigenvalue weighted by Crippen LogP contribution is -2.00. The Morgan fingerprint density at radius 2 is 1.56 bits per heavy atom. The summed E-state index contributed by atoms with van der Waals surface area (Å²) in [4.78, 5) is 12.6. The number of rotatable bonds is 4. The number of aromatic nitrogens is 1. The third kappa shape index (κ3) is 2.91. The zero-order valence-electron chi connectivity index (χ0n) is 15.7. The number of aryl methyl sites for hydroxylation is 1. The third-order valence-corrected chi connectivity index (χ3v) is 4.88. The van der Waals surface area contributed by atoms with E-state index in [-0.39, 0.29) is 5.78 Å². The molecule has 0 aliphatic rings. The number of methoxy groups -OCH3 is 1. The summed E-state index contributed by atoms with van der Waals surface area (Å²) >= 11 is 0. The molecule has 0 saturated carbocycles. The van der Waals surface area contributed by atoms with Crippen LogP contribution < -0.4 is 4.74 Å². The van der Waals surface area contributed by atoms with Gasteiger partial charge in [0.2, 0.25) is 0 Å². The number of benzene rings is 3. The lowest BCUT2D eigenvalue weighted by atomic mass is 10.0. The highest BCUT2D eigenvalue weighted by Gasteiger charge is 2.22. The smallest absolute Gasteiger partial charge is 0.162 e. The Morgan fingerprint density at radius 1 is 0.889 bits per heavy atom. The van der Waals surface area contributed by atoms with Crippen LogP contribution in [0.25, 0.3) is 27.8 Å². The van der Waals surface area contributed by atoms with Gasteiger partial charge in [-0.3, -0.25) is 4.79 Å². The Kier molecular flexibility index (Phi) is 4.28. The van der Waals surface area contributed by atoms with Crippen LogP contribution in [0.1, 0.15) is 22.8 Å². The summed E-state index contributed by atoms with van der Waals surface area (Å²) in [6, 6.07) is 24.3. The van der Waals surface area contributed by atoms with Crippen LogP contribution in [-0.4, -0.2) is 17.5 Å². The number of ketones is 1. The van der Waals surface area contributed by atoms with E-state index in [2.05, 4.69) is 41.8 Å². The highest BCUT2D eigenvalue weighted by atomic mass is 16.5. The predicted octanol–water partition coefficient (Wildman–Crippen LogP) is 5.82. The first-order valence-corrected chi connectivity index (χ1v) is 8.96. The number of hydrogen-bond acceptors (Lipinski definition) is 2. The minimum atomic E-state index is 0.0639. The summed E-state index contributed by atoms with van der Waals surface area (Å²) < 4.78 is 7.46. The average Bonchev–Trinajstić information content (AvgIpc) is 3.04. The van der Waals surface area contributed by atoms with Gasteiger partial charge in [0.1, 0.15) is 5.75 Å². The minimum Gasteiger partial charge on any atom is -0.497 e. The molecule has 3 nitrogen and oxygen atoms in total. The molecule has 0 amide bonds. The zero-order valence-corrected chi connectivity index (χ0v) is 15.7. The van der Waals surface area contributed by atoms with Crippen molar-refractivity contribution in [3.8, 4) is 22.7 Å². The van der Waals surface area contributed by atoms with Crippen LogP contribution >= 0.6 is 0 Å². The third-order valence-electron chi connectivity index (χ3n) is 4.88. The summed E-state index contributed by atoms with van der Waals surface area (Å²) in [6.07, 6.45) is 0. The van der Waals surface area contributed by atoms with Gasteiger partial charge in [0.05, 0.1) is 23.9 Å². The second-order valence-electron chi connectivity index (χ2n) is 6.70. The van der Waals surface area contributed by atoms with Gasteiger partial charge in [-0.05, 0) is 49.7 Å². The van der Waals surface area contributed by atoms with Crippen molar-refractivity contribution in [3.63, 3.8) is 0 Å². The van der Waals surface area contributed by atoms with E-state index in [0.29, 0.717) is 0 Å². The fourth-order valence-electron chi connectivity index (χ4n) is 3.58. The largest absolute Gasteiger partial charge is 0.497 e. The Bertz CT molecular complexity index is 1120. The van der Waals surface area contributed by atoms with Crippen LogP contribution in [0.2, 0.25) is 0 Å². The SMILES string of the molecule is COc1ccc(-n2c(-c3ccc(C)cc3)c(C(C)=O)c3ccccc32)cc1. The van der Waals surface area contributed by atoms with Crippen molar-refractivity contribution in [2.75, 3.05) is 7.11 Å². The highest BCUT2D eigenvalue weighted by molar-refractivity contribution is 6.13. The molecule has 0 spiro atoms. The quantitative estimate of drug-likeness (QED) is 0.432. The van der Waals surface area contributed by atoms with Gasteiger partial charge in [-0.1, -0.05) is 48.0 Å². The molecule has 1 heterocycles. The van der Waals surface area contributed by atoms with E-state index < -0.39 is 0 Å². The van der Waals surface area contributed by atoms with Crippen molar-refractivity contribution in [3.05, 3.63) is 83.9 Å². The fraction of sp³-hybridized carbons (Fsp3) is 0.125. The topological polar surface area (TPSA) is 31.2 Å². The van der Waals surface area contributed by atoms with Crippen molar-refractivity contribution in [2.24, 2.45) is 0 Å². The Hall–Kier alpha value is -3.33. The number of nitrogens with zero attached hydrogens (tertiary/aromatic N) is 1. The monoisotopic (exact) mass is 355 g/mol. The van der Waals surface area contributed by atoms with Gasteiger partial charge in [0.15, 0.2) is 5.78 Å². The number of ether oxygens (including phenoxy) is 1. The Balaban J connectivity index is 2.10. The van der Waals surface area contributed by atoms with Gasteiger partial charge < -0.3 is 9.30 Å². The van der Waals surface area contributed by atoms with Gasteiger partial charge in [-0.15, -0.1) is 0 Å². The van der Waals surface area contributed by atoms with Crippen LogP contribution in [0.5, 0.6) is 5.75 Å². The molecule has 27 heavy (non-hydrogen) atoms. The summed E-state index contributed by atoms with van der Waals surface area (Å²) in [6.45, 7) is 3.70. The first kappa shape index (κ1) is 17.1. The first-order valence-electron chi connectivity index (χ1n) is 8.96. The van der Waals surface area contributed by atoms with Crippen molar-refractivity contribution in [1.82, 2.24) is 4.57 Å². The van der Waals surface area contributed by atoms with Crippen LogP contribution in [-0.2, 0) is 0 Å². The predicted molar refractivity (Wildman–Crippen MR) is 110 cm³/mol. The fourth-order valence-corrected chi connectivity index (χ4v) is 3.58. The summed E-state index contributed by atoms with van der Waals surface area (Å²) in [5, 5.41) is 0.969. The Morgan fingerprint density at radius 3 is 2.19 bits per heavy atom. The average molecular weight is 355 g/mol. The second kappa shape index (κ2) is 6.76. The number of Topliss-reactive ketones (excluding diaryl/α,β-unsaturated/α-hetero) is 1. The van der Waals surface area contributed by atoms with Gasteiger partial charge >= 0.3 is 0 Å². The van der Waals surface area contributed by atoms with Crippen LogP contribution in [0.3, 0.4) is 0 Å². The van der Waals surface area contributed by atoms with Crippen molar-refractivity contribution >= 4 is 16.7 Å². The second-order valence-corrected chi connectivity index (χ2v) is 6.70. The normalized spacial score (nSPS) is 10.9. The molecule has 0 N–H and O–H groups in total. The van der Waals surface area contributed by atoms with E-state index in [9.17, 15) is 4.79 Å². The molecular weight excluding hydrogens is 334 g/mol. The minimum absolute atomic E-state index is 0.0639. The molecule has 4 aromatic rings. The standard InChI is InChI=1S/C24H21NO2/c1-16-8-10-18(11-9-16)24-23(17(2)26)21-6-4-5-7-22(21)25(24)19-12-14-20(27-3)15-13-19/h4-15H,1-3H3. The van der Waals surface area contributed by atoms with E-state index in [1.807, 2.05) is 42.5 Å². The maximum Gasteiger partial charge on any atom is 0.162 e. The van der Waals surface area contributed by atoms with E-state index in [1.165, 1.54) is 5.56 Å². The molecule has 0 bridgehead atoms. The van der Waals surface area contributed by atoms with Crippen LogP contribution in [0, 0.1) is 6.92 Å². The molecule has 0 fully saturated rings. The molecule has 4 rings (SSSR count). The maximum atomic E-state index is 12.6. The van der Waals surface area contributed by atoms with Gasteiger partial charge in [0.25, 0.3) is 0 Å². The van der Waals surface area contributed by atoms with E-state index in [1.54, 1.807) is 14.0 Å². The van der Waals surface area contributed by atoms with E-state index in [0.717, 1.165) is 39.2 Å². The molecule has 0 aliphatic carbocycles. The molecule has 1 aromatic heterocycles. The van der Waals surface area contributed by atoms with Gasteiger partial charge in [0, 0.05) is 11.1 Å². The lowest BCUT2D eigenvalue weighted by molar-refractivity contribution is 0.102. The molecule has 134 valence electrons. The van der Waals surface area contributed by atoms with Gasteiger partial charge in [-0.2, -0.15) is 0 Å². The molecule has 0 saturated heterocycles. The number of carbonyl (C=O) groups is 1. The first-order chi connectivity index (χ1) is 13.1. The number of hydrogen-bond donors (Lipinski definition) is 0. The highest BCUT2D eigenvalue weighted by Crippen LogP contribution is 2.37. The number of fused-ring (bicyclic) bond motifs is 1. The molecular formula is C24H21NO2. The van der Waals surface area contributed by atoms with E-state index in [4.69, 9.17) is 4.74 Å². The lowest BCUT2D eigenvalue weighted by Gasteiger charge is -2.13.